The van der Waals surface area contributed by atoms with E-state index in [2.05, 4.69) is 20.8 Å². The van der Waals surface area contributed by atoms with E-state index in [4.69, 9.17) is 5.11 Å². The average molecular weight is 260 g/mol. The van der Waals surface area contributed by atoms with Gasteiger partial charge < -0.3 is 15.5 Å². The lowest BCUT2D eigenvalue weighted by Crippen LogP contribution is -2.47. The molecular weight excluding hydrogens is 248 g/mol. The number of anilines is 1. The maximum absolute atomic E-state index is 11.3. The van der Waals surface area contributed by atoms with Crippen LogP contribution in [0.3, 0.4) is 0 Å². The van der Waals surface area contributed by atoms with Crippen molar-refractivity contribution < 1.29 is 19.8 Å². The minimum atomic E-state index is -2.01. The third kappa shape index (κ3) is 3.96. The highest BCUT2D eigenvalue weighted by Gasteiger charge is 2.30. The van der Waals surface area contributed by atoms with E-state index in [9.17, 15) is 14.7 Å². The van der Waals surface area contributed by atoms with E-state index >= 15 is 0 Å². The number of aryl methyl sites for hydroxylation is 1. The van der Waals surface area contributed by atoms with Gasteiger partial charge in [0.05, 0.1) is 6.54 Å². The first-order valence-electron chi connectivity index (χ1n) is 4.62. The molecule has 94 valence electrons. The highest BCUT2D eigenvalue weighted by molar-refractivity contribution is 7.15. The lowest BCUT2D eigenvalue weighted by molar-refractivity contribution is -0.155. The van der Waals surface area contributed by atoms with Gasteiger partial charge in [0.1, 0.15) is 5.01 Å². The molecule has 0 aliphatic heterocycles. The number of carbonyl (C=O) groups excluding carboxylic acids is 1. The second kappa shape index (κ2) is 5.06. The molecule has 0 saturated carbocycles. The quantitative estimate of drug-likeness (QED) is 0.594. The van der Waals surface area contributed by atoms with Crippen LogP contribution in [0.2, 0.25) is 0 Å². The first-order chi connectivity index (χ1) is 7.81. The smallest absolute Gasteiger partial charge is 0.337 e. The summed E-state index contributed by atoms with van der Waals surface area (Å²) in [6, 6.07) is -0.650. The van der Waals surface area contributed by atoms with Crippen molar-refractivity contribution in [2.24, 2.45) is 0 Å². The summed E-state index contributed by atoms with van der Waals surface area (Å²) in [6.45, 7) is 2.41. The zero-order valence-electron chi connectivity index (χ0n) is 9.22. The van der Waals surface area contributed by atoms with Crippen LogP contribution in [0.15, 0.2) is 0 Å². The number of urea groups is 1. The number of aliphatic carboxylic acids is 1. The molecule has 1 aromatic heterocycles. The monoisotopic (exact) mass is 260 g/mol. The highest BCUT2D eigenvalue weighted by atomic mass is 32.1. The Balaban J connectivity index is 2.43. The molecule has 1 atom stereocenters. The number of amides is 2. The number of rotatable bonds is 4. The molecule has 0 bridgehead atoms. The molecule has 9 heteroatoms. The van der Waals surface area contributed by atoms with Crippen molar-refractivity contribution in [1.29, 1.82) is 0 Å². The van der Waals surface area contributed by atoms with Crippen LogP contribution in [-0.2, 0) is 4.79 Å². The molecule has 1 rings (SSSR count). The lowest BCUT2D eigenvalue weighted by atomic mass is 10.1. The molecular formula is C8H12N4O4S. The summed E-state index contributed by atoms with van der Waals surface area (Å²) >= 11 is 1.18. The number of carboxylic acids is 1. The lowest BCUT2D eigenvalue weighted by Gasteiger charge is -2.17. The van der Waals surface area contributed by atoms with Gasteiger partial charge in [0.25, 0.3) is 0 Å². The van der Waals surface area contributed by atoms with Gasteiger partial charge in [-0.3, -0.25) is 5.32 Å². The van der Waals surface area contributed by atoms with E-state index in [0.29, 0.717) is 10.1 Å². The number of carboxylic acid groups (broad SMARTS) is 1. The van der Waals surface area contributed by atoms with E-state index in [0.717, 1.165) is 6.92 Å². The summed E-state index contributed by atoms with van der Waals surface area (Å²) in [5, 5.41) is 30.9. The van der Waals surface area contributed by atoms with Gasteiger partial charge in [-0.2, -0.15) is 0 Å². The second-order valence-electron chi connectivity index (χ2n) is 3.51. The molecule has 17 heavy (non-hydrogen) atoms. The van der Waals surface area contributed by atoms with Gasteiger partial charge in [-0.15, -0.1) is 10.2 Å². The fourth-order valence-corrected chi connectivity index (χ4v) is 1.40. The number of aliphatic hydroxyl groups is 1. The number of hydrogen-bond donors (Lipinski definition) is 4. The summed E-state index contributed by atoms with van der Waals surface area (Å²) in [5.41, 5.74) is -2.01. The van der Waals surface area contributed by atoms with Crippen molar-refractivity contribution in [3.8, 4) is 0 Å². The molecule has 2 amide bonds. The first-order valence-corrected chi connectivity index (χ1v) is 5.43. The molecule has 0 fully saturated rings. The van der Waals surface area contributed by atoms with Crippen molar-refractivity contribution in [2.45, 2.75) is 19.4 Å². The number of hydrogen-bond acceptors (Lipinski definition) is 6. The number of carbonyl (C=O) groups is 2. The largest absolute Gasteiger partial charge is 0.479 e. The SMILES string of the molecule is Cc1nnc(NC(=O)NCC(C)(O)C(=O)O)s1. The van der Waals surface area contributed by atoms with Crippen molar-refractivity contribution in [1.82, 2.24) is 15.5 Å². The normalized spacial score (nSPS) is 13.8. The van der Waals surface area contributed by atoms with Gasteiger partial charge in [0.2, 0.25) is 5.13 Å². The van der Waals surface area contributed by atoms with Gasteiger partial charge in [0.15, 0.2) is 5.60 Å². The molecule has 0 aliphatic rings. The third-order valence-electron chi connectivity index (χ3n) is 1.80. The van der Waals surface area contributed by atoms with Crippen LogP contribution in [0.1, 0.15) is 11.9 Å². The topological polar surface area (TPSA) is 124 Å². The van der Waals surface area contributed by atoms with Crippen LogP contribution >= 0.6 is 11.3 Å². The minimum absolute atomic E-state index is 0.301. The van der Waals surface area contributed by atoms with Crippen molar-refractivity contribution in [2.75, 3.05) is 11.9 Å². The fourth-order valence-electron chi connectivity index (χ4n) is 0.816. The second-order valence-corrected chi connectivity index (χ2v) is 4.69. The van der Waals surface area contributed by atoms with E-state index in [1.54, 1.807) is 6.92 Å². The average Bonchev–Trinajstić information content (AvgIpc) is 2.61. The van der Waals surface area contributed by atoms with Crippen LogP contribution < -0.4 is 10.6 Å². The molecule has 1 unspecified atom stereocenters. The predicted octanol–water partition coefficient (Wildman–Crippen LogP) is -0.196. The van der Waals surface area contributed by atoms with Gasteiger partial charge in [-0.25, -0.2) is 9.59 Å². The first kappa shape index (κ1) is 13.3. The third-order valence-corrected chi connectivity index (χ3v) is 2.55. The van der Waals surface area contributed by atoms with E-state index in [-0.39, 0.29) is 0 Å². The maximum Gasteiger partial charge on any atom is 0.337 e. The fraction of sp³-hybridized carbons (Fsp3) is 0.500. The molecule has 0 radical (unpaired) electrons. The number of nitrogens with one attached hydrogen (secondary N) is 2. The van der Waals surface area contributed by atoms with E-state index in [1.807, 2.05) is 0 Å². The Morgan fingerprint density at radius 3 is 2.59 bits per heavy atom. The Hall–Kier alpha value is -1.74. The minimum Gasteiger partial charge on any atom is -0.479 e. The van der Waals surface area contributed by atoms with E-state index in [1.165, 1.54) is 11.3 Å². The maximum atomic E-state index is 11.3. The Morgan fingerprint density at radius 2 is 2.12 bits per heavy atom. The Morgan fingerprint density at radius 1 is 1.47 bits per heavy atom. The van der Waals surface area contributed by atoms with E-state index < -0.39 is 24.1 Å². The van der Waals surface area contributed by atoms with Crippen molar-refractivity contribution in [3.05, 3.63) is 5.01 Å². The number of nitrogens with zero attached hydrogens (tertiary/aromatic N) is 2. The molecule has 1 heterocycles. The Bertz CT molecular complexity index is 431. The molecule has 0 saturated heterocycles. The van der Waals surface area contributed by atoms with Crippen LogP contribution in [0.25, 0.3) is 0 Å². The summed E-state index contributed by atoms with van der Waals surface area (Å²) < 4.78 is 0. The van der Waals surface area contributed by atoms with Gasteiger partial charge >= 0.3 is 12.0 Å². The molecule has 0 spiro atoms. The van der Waals surface area contributed by atoms with Crippen molar-refractivity contribution >= 4 is 28.5 Å². The Labute approximate surface area is 101 Å². The molecule has 8 nitrogen and oxygen atoms in total. The summed E-state index contributed by atoms with van der Waals surface area (Å²) in [6.07, 6.45) is 0. The van der Waals surface area contributed by atoms with Gasteiger partial charge in [0, 0.05) is 0 Å². The van der Waals surface area contributed by atoms with Crippen LogP contribution in [0, 0.1) is 6.92 Å². The summed E-state index contributed by atoms with van der Waals surface area (Å²) in [4.78, 5) is 21.9. The van der Waals surface area contributed by atoms with Crippen LogP contribution in [0.4, 0.5) is 9.93 Å². The molecule has 4 N–H and O–H groups in total. The summed E-state index contributed by atoms with van der Waals surface area (Å²) in [5.74, 6) is -1.41. The molecule has 0 aliphatic carbocycles. The Kier molecular flexibility index (Phi) is 3.97. The van der Waals surface area contributed by atoms with Crippen LogP contribution in [0.5, 0.6) is 0 Å². The van der Waals surface area contributed by atoms with Crippen molar-refractivity contribution in [3.63, 3.8) is 0 Å². The molecule has 0 aromatic carbocycles. The van der Waals surface area contributed by atoms with Gasteiger partial charge in [-0.1, -0.05) is 11.3 Å². The zero-order chi connectivity index (χ0) is 13.1. The van der Waals surface area contributed by atoms with Crippen LogP contribution in [-0.4, -0.2) is 44.6 Å². The standard InChI is InChI=1S/C8H12N4O4S/c1-4-11-12-7(17-4)10-6(15)9-3-8(2,16)5(13)14/h16H,3H2,1-2H3,(H,13,14)(H2,9,10,12,15). The number of aromatic nitrogens is 2. The zero-order valence-corrected chi connectivity index (χ0v) is 10.0. The van der Waals surface area contributed by atoms with Gasteiger partial charge in [-0.05, 0) is 13.8 Å². The highest BCUT2D eigenvalue weighted by Crippen LogP contribution is 2.13. The predicted molar refractivity (Wildman–Crippen MR) is 59.9 cm³/mol. The molecule has 1 aromatic rings. The summed E-state index contributed by atoms with van der Waals surface area (Å²) in [7, 11) is 0.